The van der Waals surface area contributed by atoms with Gasteiger partial charge in [0.15, 0.2) is 0 Å². The number of piperazine rings is 1. The summed E-state index contributed by atoms with van der Waals surface area (Å²) in [6.07, 6.45) is 6.02. The Bertz CT molecular complexity index is 669. The third-order valence-corrected chi connectivity index (χ3v) is 5.77. The lowest BCUT2D eigenvalue weighted by molar-refractivity contribution is -0.152. The molecule has 3 aliphatic rings. The van der Waals surface area contributed by atoms with Crippen LogP contribution in [-0.4, -0.2) is 41.2 Å². The molecule has 24 heavy (non-hydrogen) atoms. The zero-order valence-corrected chi connectivity index (χ0v) is 13.8. The van der Waals surface area contributed by atoms with Crippen LogP contribution < -0.4 is 0 Å². The van der Waals surface area contributed by atoms with Crippen LogP contribution in [-0.2, 0) is 16.0 Å². The maximum Gasteiger partial charge on any atom is 0.242 e. The molecule has 1 aromatic carbocycles. The fraction of sp³-hybridized carbons (Fsp3) is 0.579. The van der Waals surface area contributed by atoms with Crippen LogP contribution in [0.4, 0.5) is 4.39 Å². The highest BCUT2D eigenvalue weighted by atomic mass is 19.1. The van der Waals surface area contributed by atoms with Gasteiger partial charge in [-0.2, -0.15) is 0 Å². The van der Waals surface area contributed by atoms with Crippen molar-refractivity contribution in [2.24, 2.45) is 5.92 Å². The van der Waals surface area contributed by atoms with E-state index < -0.39 is 0 Å². The monoisotopic (exact) mass is 330 g/mol. The highest BCUT2D eigenvalue weighted by Gasteiger charge is 2.40. The smallest absolute Gasteiger partial charge is 0.242 e. The summed E-state index contributed by atoms with van der Waals surface area (Å²) in [4.78, 5) is 28.9. The topological polar surface area (TPSA) is 40.6 Å². The van der Waals surface area contributed by atoms with E-state index in [2.05, 4.69) is 0 Å². The molecule has 0 aromatic heterocycles. The third kappa shape index (κ3) is 2.70. The number of rotatable bonds is 1. The van der Waals surface area contributed by atoms with E-state index in [1.807, 2.05) is 11.0 Å². The summed E-state index contributed by atoms with van der Waals surface area (Å²) in [6, 6.07) is 4.63. The Labute approximate surface area is 141 Å². The molecule has 4 rings (SSSR count). The molecule has 5 heteroatoms. The number of amides is 2. The van der Waals surface area contributed by atoms with Crippen LogP contribution in [0, 0.1) is 11.7 Å². The molecule has 0 N–H and O–H groups in total. The number of halogens is 1. The standard InChI is InChI=1S/C19H23FN2O2/c20-15-7-6-13-8-9-22-17(16(13)10-15)11-21(12-18(22)23)19(24)14-4-2-1-3-5-14/h6-7,10,14,17H,1-5,8-9,11-12H2/t17-/m0/s1. The minimum absolute atomic E-state index is 0.00896. The van der Waals surface area contributed by atoms with Gasteiger partial charge in [0.05, 0.1) is 12.6 Å². The van der Waals surface area contributed by atoms with Gasteiger partial charge in [-0.15, -0.1) is 0 Å². The number of benzene rings is 1. The highest BCUT2D eigenvalue weighted by molar-refractivity contribution is 5.87. The van der Waals surface area contributed by atoms with Crippen molar-refractivity contribution < 1.29 is 14.0 Å². The van der Waals surface area contributed by atoms with E-state index in [1.54, 1.807) is 4.90 Å². The van der Waals surface area contributed by atoms with Crippen LogP contribution in [0.25, 0.3) is 0 Å². The van der Waals surface area contributed by atoms with Crippen molar-refractivity contribution in [1.82, 2.24) is 9.80 Å². The number of carbonyl (C=O) groups excluding carboxylic acids is 2. The van der Waals surface area contributed by atoms with Crippen LogP contribution in [0.15, 0.2) is 18.2 Å². The molecule has 4 nitrogen and oxygen atoms in total. The van der Waals surface area contributed by atoms with Gasteiger partial charge in [-0.25, -0.2) is 4.39 Å². The van der Waals surface area contributed by atoms with Crippen molar-refractivity contribution in [3.8, 4) is 0 Å². The van der Waals surface area contributed by atoms with Crippen LogP contribution in [0.5, 0.6) is 0 Å². The summed E-state index contributed by atoms with van der Waals surface area (Å²) in [6.45, 7) is 1.33. The molecule has 2 amide bonds. The number of fused-ring (bicyclic) bond motifs is 3. The summed E-state index contributed by atoms with van der Waals surface area (Å²) in [5.41, 5.74) is 1.97. The van der Waals surface area contributed by atoms with Gasteiger partial charge in [0.1, 0.15) is 5.82 Å². The second-order valence-corrected chi connectivity index (χ2v) is 7.25. The second kappa shape index (κ2) is 6.19. The summed E-state index contributed by atoms with van der Waals surface area (Å²) in [5.74, 6) is -0.107. The number of carbonyl (C=O) groups is 2. The van der Waals surface area contributed by atoms with E-state index >= 15 is 0 Å². The molecule has 0 radical (unpaired) electrons. The van der Waals surface area contributed by atoms with Crippen molar-refractivity contribution in [2.75, 3.05) is 19.6 Å². The van der Waals surface area contributed by atoms with Gasteiger partial charge in [-0.1, -0.05) is 25.3 Å². The Kier molecular flexibility index (Phi) is 4.02. The molecule has 1 atom stereocenters. The molecule has 1 aromatic rings. The van der Waals surface area contributed by atoms with Gasteiger partial charge in [-0.3, -0.25) is 9.59 Å². The number of hydrogen-bond acceptors (Lipinski definition) is 2. The van der Waals surface area contributed by atoms with Gasteiger partial charge in [0.2, 0.25) is 11.8 Å². The number of nitrogens with zero attached hydrogens (tertiary/aromatic N) is 2. The predicted molar refractivity (Wildman–Crippen MR) is 87.7 cm³/mol. The largest absolute Gasteiger partial charge is 0.332 e. The zero-order chi connectivity index (χ0) is 16.7. The molecule has 0 bridgehead atoms. The van der Waals surface area contributed by atoms with Gasteiger partial charge in [0, 0.05) is 19.0 Å². The van der Waals surface area contributed by atoms with Crippen LogP contribution in [0.3, 0.4) is 0 Å². The van der Waals surface area contributed by atoms with Gasteiger partial charge in [-0.05, 0) is 42.5 Å². The van der Waals surface area contributed by atoms with E-state index in [0.717, 1.165) is 43.2 Å². The summed E-state index contributed by atoms with van der Waals surface area (Å²) < 4.78 is 13.7. The lowest BCUT2D eigenvalue weighted by atomic mass is 9.86. The van der Waals surface area contributed by atoms with Crippen LogP contribution >= 0.6 is 0 Å². The van der Waals surface area contributed by atoms with Crippen molar-refractivity contribution in [2.45, 2.75) is 44.6 Å². The first kappa shape index (κ1) is 15.6. The molecule has 2 fully saturated rings. The van der Waals surface area contributed by atoms with E-state index in [0.29, 0.717) is 13.1 Å². The summed E-state index contributed by atoms with van der Waals surface area (Å²) >= 11 is 0. The van der Waals surface area contributed by atoms with Gasteiger partial charge in [0.25, 0.3) is 0 Å². The average molecular weight is 330 g/mol. The molecule has 128 valence electrons. The average Bonchev–Trinajstić information content (AvgIpc) is 2.61. The minimum atomic E-state index is -0.279. The predicted octanol–water partition coefficient (Wildman–Crippen LogP) is 2.67. The SMILES string of the molecule is O=C(C1CCCCC1)N1CC(=O)N2CCc3ccc(F)cc3[C@@H]2C1. The minimum Gasteiger partial charge on any atom is -0.332 e. The first-order valence-corrected chi connectivity index (χ1v) is 9.00. The Balaban J connectivity index is 1.59. The lowest BCUT2D eigenvalue weighted by Crippen LogP contribution is -2.56. The molecule has 1 saturated heterocycles. The molecule has 2 heterocycles. The van der Waals surface area contributed by atoms with Gasteiger partial charge < -0.3 is 9.80 Å². The van der Waals surface area contributed by atoms with Crippen molar-refractivity contribution >= 4 is 11.8 Å². The lowest BCUT2D eigenvalue weighted by Gasteiger charge is -2.45. The summed E-state index contributed by atoms with van der Waals surface area (Å²) in [5, 5.41) is 0. The Hall–Kier alpha value is -1.91. The highest BCUT2D eigenvalue weighted by Crippen LogP contribution is 2.35. The fourth-order valence-corrected chi connectivity index (χ4v) is 4.47. The zero-order valence-electron chi connectivity index (χ0n) is 13.8. The van der Waals surface area contributed by atoms with Gasteiger partial charge >= 0.3 is 0 Å². The quantitative estimate of drug-likeness (QED) is 0.794. The fourth-order valence-electron chi connectivity index (χ4n) is 4.47. The number of hydrogen-bond donors (Lipinski definition) is 0. The van der Waals surface area contributed by atoms with E-state index in [4.69, 9.17) is 0 Å². The summed E-state index contributed by atoms with van der Waals surface area (Å²) in [7, 11) is 0. The van der Waals surface area contributed by atoms with Crippen LogP contribution in [0.1, 0.15) is 49.3 Å². The van der Waals surface area contributed by atoms with E-state index in [-0.39, 0.29) is 36.1 Å². The molecule has 0 unspecified atom stereocenters. The first-order valence-electron chi connectivity index (χ1n) is 9.00. The Morgan fingerprint density at radius 1 is 1.17 bits per heavy atom. The van der Waals surface area contributed by atoms with Crippen molar-refractivity contribution in [3.05, 3.63) is 35.1 Å². The molecule has 0 spiro atoms. The molecular weight excluding hydrogens is 307 g/mol. The Morgan fingerprint density at radius 2 is 1.96 bits per heavy atom. The molecule has 2 aliphatic heterocycles. The Morgan fingerprint density at radius 3 is 2.75 bits per heavy atom. The normalized spacial score (nSPS) is 24.5. The van der Waals surface area contributed by atoms with Crippen molar-refractivity contribution in [3.63, 3.8) is 0 Å². The van der Waals surface area contributed by atoms with E-state index in [9.17, 15) is 14.0 Å². The van der Waals surface area contributed by atoms with Crippen LogP contribution in [0.2, 0.25) is 0 Å². The molecule has 1 aliphatic carbocycles. The first-order chi connectivity index (χ1) is 11.6. The molecule has 1 saturated carbocycles. The van der Waals surface area contributed by atoms with Crippen molar-refractivity contribution in [1.29, 1.82) is 0 Å². The maximum atomic E-state index is 13.7. The van der Waals surface area contributed by atoms with E-state index in [1.165, 1.54) is 18.6 Å². The third-order valence-electron chi connectivity index (χ3n) is 5.77. The maximum absolute atomic E-state index is 13.7. The second-order valence-electron chi connectivity index (χ2n) is 7.25. The molecular formula is C19H23FN2O2.